The number of nitrogens with one attached hydrogen (secondary N) is 1. The van der Waals surface area contributed by atoms with Gasteiger partial charge in [0.2, 0.25) is 0 Å². The topological polar surface area (TPSA) is 17.0 Å². The van der Waals surface area contributed by atoms with Crippen molar-refractivity contribution in [2.45, 2.75) is 64.6 Å². The molecule has 0 amide bonds. The molecule has 4 bridgehead atoms. The van der Waals surface area contributed by atoms with Gasteiger partial charge in [0.15, 0.2) is 0 Å². The number of hydrogen-bond donors (Lipinski definition) is 1. The Morgan fingerprint density at radius 3 is 2.41 bits per heavy atom. The molecule has 0 spiro atoms. The Morgan fingerprint density at radius 2 is 1.72 bits per heavy atom. The summed E-state index contributed by atoms with van der Waals surface area (Å²) in [4.78, 5) is 0. The monoisotopic (exact) mass is 450 g/mol. The van der Waals surface area contributed by atoms with Crippen molar-refractivity contribution in [1.82, 2.24) is 9.88 Å². The standard InChI is InChI=1S/C28H32ClFN2/c1-18(28-12-19-8-20(13-28)10-21(9-19)14-28)31-15-23-17-32(27-5-3-2-4-25(23)27)16-22-6-7-24(30)11-26(22)29/h2-7,11,17-21,31H,8-10,12-16H2,1H3/t18-,19?,20?,21?,28?/m0/s1. The van der Waals surface area contributed by atoms with E-state index in [0.717, 1.165) is 29.9 Å². The maximum atomic E-state index is 13.5. The average molecular weight is 451 g/mol. The normalized spacial score (nSPS) is 29.7. The van der Waals surface area contributed by atoms with Crippen LogP contribution in [0.5, 0.6) is 0 Å². The highest BCUT2D eigenvalue weighted by Crippen LogP contribution is 2.61. The zero-order valence-corrected chi connectivity index (χ0v) is 19.5. The molecule has 1 heterocycles. The summed E-state index contributed by atoms with van der Waals surface area (Å²) >= 11 is 6.32. The minimum atomic E-state index is -0.292. The Balaban J connectivity index is 1.23. The molecular weight excluding hydrogens is 419 g/mol. The van der Waals surface area contributed by atoms with E-state index in [1.165, 1.54) is 67.1 Å². The van der Waals surface area contributed by atoms with Crippen molar-refractivity contribution < 1.29 is 4.39 Å². The van der Waals surface area contributed by atoms with Crippen LogP contribution in [0.1, 0.15) is 56.6 Å². The number of benzene rings is 2. The SMILES string of the molecule is C[C@H](NCc1cn(Cc2ccc(F)cc2Cl)c2ccccc12)C12CC3CC(CC(C3)C1)C2. The lowest BCUT2D eigenvalue weighted by Gasteiger charge is -2.59. The maximum absolute atomic E-state index is 13.5. The van der Waals surface area contributed by atoms with E-state index in [2.05, 4.69) is 47.3 Å². The van der Waals surface area contributed by atoms with Gasteiger partial charge in [-0.05, 0) is 97.9 Å². The van der Waals surface area contributed by atoms with E-state index in [9.17, 15) is 4.39 Å². The molecule has 4 fully saturated rings. The van der Waals surface area contributed by atoms with Crippen LogP contribution in [-0.2, 0) is 13.1 Å². The summed E-state index contributed by atoms with van der Waals surface area (Å²) in [6.07, 6.45) is 11.0. The van der Waals surface area contributed by atoms with Crippen LogP contribution in [0.2, 0.25) is 5.02 Å². The highest BCUT2D eigenvalue weighted by atomic mass is 35.5. The third-order valence-electron chi connectivity index (χ3n) is 8.83. The van der Waals surface area contributed by atoms with Crippen LogP contribution in [-0.4, -0.2) is 10.6 Å². The number of hydrogen-bond acceptors (Lipinski definition) is 1. The number of para-hydroxylation sites is 1. The van der Waals surface area contributed by atoms with Crippen LogP contribution in [0.15, 0.2) is 48.7 Å². The van der Waals surface area contributed by atoms with Gasteiger partial charge in [0.1, 0.15) is 5.82 Å². The zero-order chi connectivity index (χ0) is 21.9. The fourth-order valence-corrected chi connectivity index (χ4v) is 7.84. The minimum Gasteiger partial charge on any atom is -0.343 e. The lowest BCUT2D eigenvalue weighted by molar-refractivity contribution is -0.0706. The predicted octanol–water partition coefficient (Wildman–Crippen LogP) is 7.18. The van der Waals surface area contributed by atoms with Crippen molar-refractivity contribution in [2.75, 3.05) is 0 Å². The molecule has 0 unspecified atom stereocenters. The minimum absolute atomic E-state index is 0.292. The Hall–Kier alpha value is -1.84. The maximum Gasteiger partial charge on any atom is 0.124 e. The molecule has 3 aromatic rings. The average Bonchev–Trinajstić information content (AvgIpc) is 3.10. The van der Waals surface area contributed by atoms with E-state index < -0.39 is 0 Å². The van der Waals surface area contributed by atoms with E-state index in [-0.39, 0.29) is 5.82 Å². The van der Waals surface area contributed by atoms with Gasteiger partial charge in [-0.3, -0.25) is 0 Å². The number of fused-ring (bicyclic) bond motifs is 1. The first-order valence-electron chi connectivity index (χ1n) is 12.2. The Kier molecular flexibility index (Phi) is 5.11. The second-order valence-electron chi connectivity index (χ2n) is 10.9. The van der Waals surface area contributed by atoms with Gasteiger partial charge in [0, 0.05) is 41.3 Å². The van der Waals surface area contributed by atoms with Crippen molar-refractivity contribution >= 4 is 22.5 Å². The van der Waals surface area contributed by atoms with Gasteiger partial charge in [-0.2, -0.15) is 0 Å². The fraction of sp³-hybridized carbons (Fsp3) is 0.500. The molecule has 0 aliphatic heterocycles. The third-order valence-corrected chi connectivity index (χ3v) is 9.18. The van der Waals surface area contributed by atoms with E-state index in [4.69, 9.17) is 11.6 Å². The molecule has 32 heavy (non-hydrogen) atoms. The van der Waals surface area contributed by atoms with E-state index in [0.29, 0.717) is 23.0 Å². The summed E-state index contributed by atoms with van der Waals surface area (Å²) in [7, 11) is 0. The molecule has 4 aliphatic carbocycles. The van der Waals surface area contributed by atoms with Crippen LogP contribution in [0.4, 0.5) is 4.39 Å². The summed E-state index contributed by atoms with van der Waals surface area (Å²) in [5, 5.41) is 5.73. The molecular formula is C28H32ClFN2. The molecule has 4 saturated carbocycles. The number of aromatic nitrogens is 1. The second kappa shape index (κ2) is 7.88. The fourth-order valence-electron chi connectivity index (χ4n) is 7.62. The first kappa shape index (κ1) is 20.7. The van der Waals surface area contributed by atoms with Crippen molar-refractivity contribution in [2.24, 2.45) is 23.2 Å². The lowest BCUT2D eigenvalue weighted by atomic mass is 9.48. The Bertz CT molecular complexity index is 1110. The van der Waals surface area contributed by atoms with Gasteiger partial charge in [-0.1, -0.05) is 35.9 Å². The van der Waals surface area contributed by atoms with Crippen molar-refractivity contribution in [1.29, 1.82) is 0 Å². The molecule has 4 aliphatic rings. The van der Waals surface area contributed by atoms with Crippen LogP contribution in [0, 0.1) is 29.0 Å². The molecule has 0 radical (unpaired) electrons. The summed E-state index contributed by atoms with van der Waals surface area (Å²) < 4.78 is 15.7. The van der Waals surface area contributed by atoms with E-state index in [1.807, 2.05) is 0 Å². The van der Waals surface area contributed by atoms with Crippen LogP contribution < -0.4 is 5.32 Å². The van der Waals surface area contributed by atoms with Gasteiger partial charge in [0.05, 0.1) is 0 Å². The zero-order valence-electron chi connectivity index (χ0n) is 18.8. The first-order chi connectivity index (χ1) is 15.5. The summed E-state index contributed by atoms with van der Waals surface area (Å²) in [6, 6.07) is 13.8. The number of halogens is 2. The lowest BCUT2D eigenvalue weighted by Crippen LogP contribution is -2.54. The number of rotatable bonds is 6. The van der Waals surface area contributed by atoms with Gasteiger partial charge in [-0.25, -0.2) is 4.39 Å². The van der Waals surface area contributed by atoms with Gasteiger partial charge >= 0.3 is 0 Å². The van der Waals surface area contributed by atoms with Crippen LogP contribution in [0.3, 0.4) is 0 Å². The summed E-state index contributed by atoms with van der Waals surface area (Å²) in [6.45, 7) is 3.96. The molecule has 0 saturated heterocycles. The molecule has 2 aromatic carbocycles. The number of nitrogens with zero attached hydrogens (tertiary/aromatic N) is 1. The van der Waals surface area contributed by atoms with Gasteiger partial charge in [0.25, 0.3) is 0 Å². The smallest absolute Gasteiger partial charge is 0.124 e. The molecule has 4 heteroatoms. The highest BCUT2D eigenvalue weighted by molar-refractivity contribution is 6.31. The van der Waals surface area contributed by atoms with Crippen LogP contribution in [0.25, 0.3) is 10.9 Å². The third kappa shape index (κ3) is 3.58. The Labute approximate surface area is 195 Å². The largest absolute Gasteiger partial charge is 0.343 e. The molecule has 168 valence electrons. The quantitative estimate of drug-likeness (QED) is 0.421. The second-order valence-corrected chi connectivity index (χ2v) is 11.3. The predicted molar refractivity (Wildman–Crippen MR) is 129 cm³/mol. The highest BCUT2D eigenvalue weighted by Gasteiger charge is 2.52. The van der Waals surface area contributed by atoms with E-state index in [1.54, 1.807) is 6.07 Å². The summed E-state index contributed by atoms with van der Waals surface area (Å²) in [5.41, 5.74) is 3.98. The van der Waals surface area contributed by atoms with Crippen molar-refractivity contribution in [3.05, 3.63) is 70.6 Å². The Morgan fingerprint density at radius 1 is 1.03 bits per heavy atom. The summed E-state index contributed by atoms with van der Waals surface area (Å²) in [5.74, 6) is 2.65. The van der Waals surface area contributed by atoms with Gasteiger partial charge in [-0.15, -0.1) is 0 Å². The van der Waals surface area contributed by atoms with Gasteiger partial charge < -0.3 is 9.88 Å². The van der Waals surface area contributed by atoms with Crippen molar-refractivity contribution in [3.8, 4) is 0 Å². The molecule has 2 nitrogen and oxygen atoms in total. The van der Waals surface area contributed by atoms with Crippen LogP contribution >= 0.6 is 11.6 Å². The van der Waals surface area contributed by atoms with Crippen molar-refractivity contribution in [3.63, 3.8) is 0 Å². The molecule has 7 rings (SSSR count). The molecule has 1 aromatic heterocycles. The first-order valence-corrected chi connectivity index (χ1v) is 12.6. The molecule has 1 atom stereocenters. The van der Waals surface area contributed by atoms with E-state index >= 15 is 0 Å². The molecule has 1 N–H and O–H groups in total.